The van der Waals surface area contributed by atoms with Crippen LogP contribution in [0.3, 0.4) is 0 Å². The van der Waals surface area contributed by atoms with E-state index in [1.807, 2.05) is 43.3 Å². The van der Waals surface area contributed by atoms with Crippen LogP contribution in [0.2, 0.25) is 0 Å². The molecule has 160 valence electrons. The maximum absolute atomic E-state index is 12.6. The molecule has 0 saturated carbocycles. The van der Waals surface area contributed by atoms with Crippen LogP contribution in [0.25, 0.3) is 0 Å². The highest BCUT2D eigenvalue weighted by Gasteiger charge is 2.40. The molecule has 5 heteroatoms. The van der Waals surface area contributed by atoms with Crippen LogP contribution in [0.4, 0.5) is 11.4 Å². The predicted molar refractivity (Wildman–Crippen MR) is 124 cm³/mol. The van der Waals surface area contributed by atoms with Crippen molar-refractivity contribution in [1.29, 1.82) is 0 Å². The van der Waals surface area contributed by atoms with Crippen molar-refractivity contribution in [2.24, 2.45) is 11.8 Å². The lowest BCUT2D eigenvalue weighted by atomic mass is 9.75. The SMILES string of the molecule is CN(C)c1ccc(C(=O)NC[C@H]2C[C@H]3CCN2C[C@@H]3CN(C)c2ccccc2)cc1. The fourth-order valence-corrected chi connectivity index (χ4v) is 5.03. The molecule has 3 aliphatic rings. The molecule has 0 spiro atoms. The van der Waals surface area contributed by atoms with Crippen molar-refractivity contribution >= 4 is 17.3 Å². The fraction of sp³-hybridized carbons (Fsp3) is 0.480. The second-order valence-electron chi connectivity index (χ2n) is 9.06. The average Bonchev–Trinajstić information content (AvgIpc) is 2.78. The molecule has 4 atom stereocenters. The van der Waals surface area contributed by atoms with Crippen LogP contribution in [0, 0.1) is 11.8 Å². The monoisotopic (exact) mass is 406 g/mol. The summed E-state index contributed by atoms with van der Waals surface area (Å²) in [5, 5.41) is 3.18. The number of carbonyl (C=O) groups excluding carboxylic acids is 1. The number of hydrogen-bond acceptors (Lipinski definition) is 4. The summed E-state index contributed by atoms with van der Waals surface area (Å²) in [6, 6.07) is 18.9. The lowest BCUT2D eigenvalue weighted by molar-refractivity contribution is 0.00517. The second kappa shape index (κ2) is 9.09. The summed E-state index contributed by atoms with van der Waals surface area (Å²) in [4.78, 5) is 19.6. The van der Waals surface area contributed by atoms with Gasteiger partial charge in [-0.15, -0.1) is 0 Å². The van der Waals surface area contributed by atoms with Gasteiger partial charge in [0.15, 0.2) is 0 Å². The van der Waals surface area contributed by atoms with Crippen LogP contribution >= 0.6 is 0 Å². The van der Waals surface area contributed by atoms with Gasteiger partial charge in [0.2, 0.25) is 0 Å². The lowest BCUT2D eigenvalue weighted by Crippen LogP contribution is -2.58. The Bertz CT molecular complexity index is 836. The number of nitrogens with zero attached hydrogens (tertiary/aromatic N) is 3. The van der Waals surface area contributed by atoms with Gasteiger partial charge in [-0.05, 0) is 67.6 Å². The molecular formula is C25H34N4O. The first-order chi connectivity index (χ1) is 14.5. The molecule has 2 aromatic rings. The number of para-hydroxylation sites is 1. The normalized spacial score (nSPS) is 25.0. The Kier molecular flexibility index (Phi) is 6.28. The number of anilines is 2. The van der Waals surface area contributed by atoms with Crippen molar-refractivity contribution in [2.75, 3.05) is 57.1 Å². The Morgan fingerprint density at radius 1 is 1.03 bits per heavy atom. The Morgan fingerprint density at radius 2 is 1.77 bits per heavy atom. The number of hydrogen-bond donors (Lipinski definition) is 1. The van der Waals surface area contributed by atoms with Crippen LogP contribution in [0.1, 0.15) is 23.2 Å². The van der Waals surface area contributed by atoms with E-state index < -0.39 is 0 Å². The van der Waals surface area contributed by atoms with Crippen molar-refractivity contribution in [3.63, 3.8) is 0 Å². The number of amides is 1. The molecule has 0 aromatic heterocycles. The van der Waals surface area contributed by atoms with Crippen molar-refractivity contribution < 1.29 is 4.79 Å². The zero-order chi connectivity index (χ0) is 21.1. The Labute approximate surface area is 180 Å². The van der Waals surface area contributed by atoms with E-state index in [9.17, 15) is 4.79 Å². The Hall–Kier alpha value is -2.53. The summed E-state index contributed by atoms with van der Waals surface area (Å²) in [5.74, 6) is 1.49. The molecule has 5 rings (SSSR count). The minimum absolute atomic E-state index is 0.0308. The third-order valence-corrected chi connectivity index (χ3v) is 6.86. The molecule has 3 heterocycles. The molecule has 3 aliphatic heterocycles. The van der Waals surface area contributed by atoms with E-state index in [2.05, 4.69) is 52.5 Å². The van der Waals surface area contributed by atoms with E-state index in [-0.39, 0.29) is 5.91 Å². The molecule has 0 radical (unpaired) electrons. The van der Waals surface area contributed by atoms with Crippen molar-refractivity contribution in [1.82, 2.24) is 10.2 Å². The lowest BCUT2D eigenvalue weighted by Gasteiger charge is -2.50. The first kappa shape index (κ1) is 20.7. The zero-order valence-corrected chi connectivity index (χ0v) is 18.4. The largest absolute Gasteiger partial charge is 0.378 e. The predicted octanol–water partition coefficient (Wildman–Crippen LogP) is 3.33. The maximum atomic E-state index is 12.6. The number of benzene rings is 2. The summed E-state index contributed by atoms with van der Waals surface area (Å²) in [5.41, 5.74) is 3.13. The van der Waals surface area contributed by atoms with Gasteiger partial charge in [0.1, 0.15) is 0 Å². The molecule has 3 saturated heterocycles. The highest BCUT2D eigenvalue weighted by atomic mass is 16.1. The van der Waals surface area contributed by atoms with Gasteiger partial charge in [-0.25, -0.2) is 0 Å². The number of fused-ring (bicyclic) bond motifs is 3. The summed E-state index contributed by atoms with van der Waals surface area (Å²) >= 11 is 0. The summed E-state index contributed by atoms with van der Waals surface area (Å²) in [6.45, 7) is 4.14. The highest BCUT2D eigenvalue weighted by Crippen LogP contribution is 2.36. The first-order valence-corrected chi connectivity index (χ1v) is 11.1. The third kappa shape index (κ3) is 4.62. The van der Waals surface area contributed by atoms with Gasteiger partial charge in [-0.1, -0.05) is 18.2 Å². The van der Waals surface area contributed by atoms with Crippen molar-refractivity contribution in [2.45, 2.75) is 18.9 Å². The molecule has 2 bridgehead atoms. The van der Waals surface area contributed by atoms with Crippen LogP contribution in [-0.4, -0.2) is 64.2 Å². The van der Waals surface area contributed by atoms with Gasteiger partial charge in [0.25, 0.3) is 5.91 Å². The number of rotatable bonds is 7. The Balaban J connectivity index is 1.29. The van der Waals surface area contributed by atoms with Crippen LogP contribution in [0.15, 0.2) is 54.6 Å². The van der Waals surface area contributed by atoms with Gasteiger partial charge < -0.3 is 15.1 Å². The fourth-order valence-electron chi connectivity index (χ4n) is 5.03. The molecule has 1 N–H and O–H groups in total. The van der Waals surface area contributed by atoms with Crippen molar-refractivity contribution in [3.05, 3.63) is 60.2 Å². The van der Waals surface area contributed by atoms with Gasteiger partial charge in [0.05, 0.1) is 0 Å². The van der Waals surface area contributed by atoms with E-state index in [1.165, 1.54) is 18.5 Å². The highest BCUT2D eigenvalue weighted by molar-refractivity contribution is 5.94. The zero-order valence-electron chi connectivity index (χ0n) is 18.4. The minimum atomic E-state index is 0.0308. The summed E-state index contributed by atoms with van der Waals surface area (Å²) in [6.07, 6.45) is 2.47. The number of nitrogens with one attached hydrogen (secondary N) is 1. The topological polar surface area (TPSA) is 38.8 Å². The standard InChI is InChI=1S/C25H34N4O/c1-27(2)22-11-9-19(10-12-22)25(30)26-16-24-15-20-13-14-29(24)18-21(20)17-28(3)23-7-5-4-6-8-23/h4-12,20-21,24H,13-18H2,1-3H3,(H,26,30)/t20-,21+,24-/m1/s1. The molecule has 5 nitrogen and oxygen atoms in total. The maximum Gasteiger partial charge on any atom is 0.251 e. The van der Waals surface area contributed by atoms with Gasteiger partial charge >= 0.3 is 0 Å². The summed E-state index contributed by atoms with van der Waals surface area (Å²) in [7, 11) is 6.21. The van der Waals surface area contributed by atoms with Gasteiger partial charge in [-0.3, -0.25) is 9.69 Å². The molecule has 0 aliphatic carbocycles. The molecule has 2 aromatic carbocycles. The van der Waals surface area contributed by atoms with Crippen LogP contribution in [-0.2, 0) is 0 Å². The number of carbonyl (C=O) groups is 1. The minimum Gasteiger partial charge on any atom is -0.378 e. The first-order valence-electron chi connectivity index (χ1n) is 11.1. The molecule has 3 fully saturated rings. The van der Waals surface area contributed by atoms with E-state index in [4.69, 9.17) is 0 Å². The van der Waals surface area contributed by atoms with Gasteiger partial charge in [-0.2, -0.15) is 0 Å². The average molecular weight is 407 g/mol. The molecule has 30 heavy (non-hydrogen) atoms. The van der Waals surface area contributed by atoms with E-state index >= 15 is 0 Å². The molecular weight excluding hydrogens is 372 g/mol. The van der Waals surface area contributed by atoms with Crippen LogP contribution in [0.5, 0.6) is 0 Å². The van der Waals surface area contributed by atoms with E-state index in [0.29, 0.717) is 12.0 Å². The van der Waals surface area contributed by atoms with Gasteiger partial charge in [0, 0.05) is 63.8 Å². The Morgan fingerprint density at radius 3 is 2.40 bits per heavy atom. The van der Waals surface area contributed by atoms with Crippen molar-refractivity contribution in [3.8, 4) is 0 Å². The number of piperidine rings is 3. The third-order valence-electron chi connectivity index (χ3n) is 6.86. The molecule has 1 amide bonds. The smallest absolute Gasteiger partial charge is 0.251 e. The van der Waals surface area contributed by atoms with E-state index in [1.54, 1.807) is 0 Å². The molecule has 1 unspecified atom stereocenters. The second-order valence-corrected chi connectivity index (χ2v) is 9.06. The van der Waals surface area contributed by atoms with E-state index in [0.717, 1.165) is 43.3 Å². The quantitative estimate of drug-likeness (QED) is 0.766. The summed E-state index contributed by atoms with van der Waals surface area (Å²) < 4.78 is 0. The van der Waals surface area contributed by atoms with Crippen LogP contribution < -0.4 is 15.1 Å².